The molecule has 0 aromatic carbocycles. The highest BCUT2D eigenvalue weighted by atomic mass is 16.5. The predicted octanol–water partition coefficient (Wildman–Crippen LogP) is 4.52. The molecule has 0 amide bonds. The summed E-state index contributed by atoms with van der Waals surface area (Å²) in [5.74, 6) is 1.28. The Labute approximate surface area is 197 Å². The van der Waals surface area contributed by atoms with E-state index >= 15 is 0 Å². The molecule has 0 bridgehead atoms. The molecule has 4 aliphatic carbocycles. The fraction of sp³-hybridized carbons (Fsp3) is 0.852. The van der Waals surface area contributed by atoms with E-state index in [0.29, 0.717) is 37.2 Å². The van der Waals surface area contributed by atoms with E-state index in [4.69, 9.17) is 9.47 Å². The molecule has 0 aliphatic heterocycles. The summed E-state index contributed by atoms with van der Waals surface area (Å²) >= 11 is 0. The molecular formula is C27H40O6. The van der Waals surface area contributed by atoms with Crippen LogP contribution in [0.1, 0.15) is 85.5 Å². The van der Waals surface area contributed by atoms with E-state index in [2.05, 4.69) is 20.8 Å². The fourth-order valence-corrected chi connectivity index (χ4v) is 8.63. The zero-order valence-electron chi connectivity index (χ0n) is 20.9. The van der Waals surface area contributed by atoms with E-state index in [0.717, 1.165) is 32.1 Å². The van der Waals surface area contributed by atoms with Crippen molar-refractivity contribution in [2.45, 2.75) is 91.6 Å². The normalized spacial score (nSPS) is 43.2. The Hall–Kier alpha value is -1.72. The molecule has 0 aromatic heterocycles. The van der Waals surface area contributed by atoms with Crippen molar-refractivity contribution in [3.8, 4) is 0 Å². The van der Waals surface area contributed by atoms with E-state index in [9.17, 15) is 19.2 Å². The van der Waals surface area contributed by atoms with Crippen molar-refractivity contribution in [2.24, 2.45) is 46.3 Å². The minimum atomic E-state index is -0.456. The number of ether oxygens (including phenoxy) is 2. The van der Waals surface area contributed by atoms with Gasteiger partial charge in [0.2, 0.25) is 0 Å². The van der Waals surface area contributed by atoms with Crippen molar-refractivity contribution in [1.29, 1.82) is 0 Å². The zero-order chi connectivity index (χ0) is 24.1. The summed E-state index contributed by atoms with van der Waals surface area (Å²) in [7, 11) is 1.41. The molecule has 4 aliphatic rings. The number of ketones is 2. The summed E-state index contributed by atoms with van der Waals surface area (Å²) in [4.78, 5) is 50.0. The molecule has 4 rings (SSSR count). The fourth-order valence-electron chi connectivity index (χ4n) is 8.63. The minimum Gasteiger partial charge on any atom is -0.469 e. The quantitative estimate of drug-likeness (QED) is 0.561. The molecule has 4 saturated carbocycles. The molecule has 4 fully saturated rings. The third-order valence-corrected chi connectivity index (χ3v) is 10.4. The maximum atomic E-state index is 13.9. The molecule has 0 unspecified atom stereocenters. The van der Waals surface area contributed by atoms with Crippen LogP contribution < -0.4 is 0 Å². The van der Waals surface area contributed by atoms with Gasteiger partial charge in [-0.25, -0.2) is 0 Å². The van der Waals surface area contributed by atoms with Gasteiger partial charge < -0.3 is 9.47 Å². The Morgan fingerprint density at radius 3 is 2.52 bits per heavy atom. The van der Waals surface area contributed by atoms with Crippen molar-refractivity contribution >= 4 is 23.5 Å². The van der Waals surface area contributed by atoms with E-state index in [1.54, 1.807) is 0 Å². The third kappa shape index (κ3) is 3.95. The van der Waals surface area contributed by atoms with E-state index in [1.165, 1.54) is 14.0 Å². The van der Waals surface area contributed by atoms with Crippen LogP contribution in [0.2, 0.25) is 0 Å². The Balaban J connectivity index is 1.65. The first kappa shape index (κ1) is 24.4. The van der Waals surface area contributed by atoms with Gasteiger partial charge in [0.15, 0.2) is 0 Å². The summed E-state index contributed by atoms with van der Waals surface area (Å²) in [6.07, 6.45) is 5.99. The van der Waals surface area contributed by atoms with Crippen LogP contribution in [0, 0.1) is 46.3 Å². The van der Waals surface area contributed by atoms with Crippen LogP contribution in [0.25, 0.3) is 0 Å². The first-order valence-corrected chi connectivity index (χ1v) is 12.8. The van der Waals surface area contributed by atoms with E-state index in [-0.39, 0.29) is 59.0 Å². The Morgan fingerprint density at radius 2 is 1.85 bits per heavy atom. The number of carbonyl (C=O) groups is 4. The smallest absolute Gasteiger partial charge is 0.305 e. The second-order valence-electron chi connectivity index (χ2n) is 11.8. The van der Waals surface area contributed by atoms with Crippen molar-refractivity contribution in [1.82, 2.24) is 0 Å². The van der Waals surface area contributed by atoms with Gasteiger partial charge in [0.25, 0.3) is 0 Å². The molecule has 184 valence electrons. The monoisotopic (exact) mass is 460 g/mol. The van der Waals surface area contributed by atoms with Crippen molar-refractivity contribution < 1.29 is 28.7 Å². The lowest BCUT2D eigenvalue weighted by atomic mass is 9.43. The summed E-state index contributed by atoms with van der Waals surface area (Å²) in [6.45, 7) is 8.06. The topological polar surface area (TPSA) is 86.7 Å². The molecule has 0 spiro atoms. The third-order valence-electron chi connectivity index (χ3n) is 10.4. The second-order valence-corrected chi connectivity index (χ2v) is 11.8. The van der Waals surface area contributed by atoms with Gasteiger partial charge in [0.1, 0.15) is 17.7 Å². The molecular weight excluding hydrogens is 420 g/mol. The van der Waals surface area contributed by atoms with Crippen LogP contribution >= 0.6 is 0 Å². The zero-order valence-corrected chi connectivity index (χ0v) is 20.9. The van der Waals surface area contributed by atoms with Gasteiger partial charge in [-0.05, 0) is 67.1 Å². The molecule has 0 radical (unpaired) electrons. The standard InChI is InChI=1S/C27H40O6/c1-15(6-9-24(31)32-5)19-7-8-20-25-21(14-23(30)27(19,20)4)26(3)11-10-18(29)12-17(26)13-22(25)33-16(2)28/h15,17,19-22,25H,6-14H2,1-5H3/t15-,17-,19+,20+,21-,22+,25-,26-,27+/m0/s1. The second kappa shape index (κ2) is 8.81. The van der Waals surface area contributed by atoms with Crippen molar-refractivity contribution in [2.75, 3.05) is 7.11 Å². The SMILES string of the molecule is COC(=O)CC[C@H](C)[C@H]1CC[C@@H]2[C@@H]3[C@H](OC(C)=O)C[C@@H]4CC(=O)CC[C@]4(C)[C@H]3CC(=O)[C@@]21C. The molecule has 0 saturated heterocycles. The van der Waals surface area contributed by atoms with Gasteiger partial charge in [-0.15, -0.1) is 0 Å². The van der Waals surface area contributed by atoms with Gasteiger partial charge in [0, 0.05) is 43.9 Å². The number of hydrogen-bond acceptors (Lipinski definition) is 6. The molecule has 0 N–H and O–H groups in total. The van der Waals surface area contributed by atoms with E-state index in [1.807, 2.05) is 0 Å². The van der Waals surface area contributed by atoms with Crippen LogP contribution in [0.4, 0.5) is 0 Å². The lowest BCUT2D eigenvalue weighted by molar-refractivity contribution is -0.190. The molecule has 9 atom stereocenters. The summed E-state index contributed by atoms with van der Waals surface area (Å²) < 4.78 is 10.8. The highest BCUT2D eigenvalue weighted by Gasteiger charge is 2.66. The number of rotatable bonds is 5. The maximum Gasteiger partial charge on any atom is 0.305 e. The largest absolute Gasteiger partial charge is 0.469 e. The van der Waals surface area contributed by atoms with Crippen molar-refractivity contribution in [3.05, 3.63) is 0 Å². The van der Waals surface area contributed by atoms with Crippen molar-refractivity contribution in [3.63, 3.8) is 0 Å². The number of methoxy groups -OCH3 is 1. The van der Waals surface area contributed by atoms with Gasteiger partial charge in [0.05, 0.1) is 7.11 Å². The van der Waals surface area contributed by atoms with Crippen LogP contribution in [0.5, 0.6) is 0 Å². The number of fused-ring (bicyclic) bond motifs is 5. The first-order valence-electron chi connectivity index (χ1n) is 12.8. The van der Waals surface area contributed by atoms with Crippen LogP contribution in [-0.2, 0) is 28.7 Å². The maximum absolute atomic E-state index is 13.9. The minimum absolute atomic E-state index is 0.0548. The van der Waals surface area contributed by atoms with Gasteiger partial charge in [-0.2, -0.15) is 0 Å². The summed E-state index contributed by atoms with van der Waals surface area (Å²) in [5, 5.41) is 0. The van der Waals surface area contributed by atoms with Gasteiger partial charge >= 0.3 is 11.9 Å². The summed E-state index contributed by atoms with van der Waals surface area (Å²) in [6, 6.07) is 0. The van der Waals surface area contributed by atoms with Crippen LogP contribution in [0.15, 0.2) is 0 Å². The summed E-state index contributed by atoms with van der Waals surface area (Å²) in [5.41, 5.74) is -0.510. The number of carbonyl (C=O) groups excluding carboxylic acids is 4. The van der Waals surface area contributed by atoms with Crippen LogP contribution in [0.3, 0.4) is 0 Å². The Kier molecular flexibility index (Phi) is 6.52. The lowest BCUT2D eigenvalue weighted by Crippen LogP contribution is -2.61. The average Bonchev–Trinajstić information content (AvgIpc) is 3.11. The average molecular weight is 461 g/mol. The number of Topliss-reactive ketones (excluding diaryl/α,β-unsaturated/α-hetero) is 2. The molecule has 0 aromatic rings. The molecule has 6 nitrogen and oxygen atoms in total. The predicted molar refractivity (Wildman–Crippen MR) is 122 cm³/mol. The number of esters is 2. The van der Waals surface area contributed by atoms with Gasteiger partial charge in [-0.3, -0.25) is 19.2 Å². The van der Waals surface area contributed by atoms with E-state index < -0.39 is 5.41 Å². The number of hydrogen-bond donors (Lipinski definition) is 0. The highest BCUT2D eigenvalue weighted by Crippen LogP contribution is 2.67. The van der Waals surface area contributed by atoms with Crippen LogP contribution in [-0.4, -0.2) is 36.7 Å². The molecule has 33 heavy (non-hydrogen) atoms. The molecule has 6 heteroatoms. The highest BCUT2D eigenvalue weighted by molar-refractivity contribution is 5.87. The van der Waals surface area contributed by atoms with Gasteiger partial charge in [-0.1, -0.05) is 20.8 Å². The Morgan fingerprint density at radius 1 is 1.12 bits per heavy atom. The lowest BCUT2D eigenvalue weighted by Gasteiger charge is -2.61. The first-order chi connectivity index (χ1) is 15.5. The Bertz CT molecular complexity index is 834. The molecule has 0 heterocycles.